The first kappa shape index (κ1) is 19.6. The number of rotatable bonds is 7. The van der Waals surface area contributed by atoms with Gasteiger partial charge in [0.25, 0.3) is 5.91 Å². The van der Waals surface area contributed by atoms with Gasteiger partial charge >= 0.3 is 0 Å². The zero-order valence-electron chi connectivity index (χ0n) is 13.4. The first-order valence-electron chi connectivity index (χ1n) is 7.30. The van der Waals surface area contributed by atoms with Crippen molar-refractivity contribution in [2.45, 2.75) is 17.9 Å². The van der Waals surface area contributed by atoms with Gasteiger partial charge in [-0.1, -0.05) is 0 Å². The third-order valence-corrected chi connectivity index (χ3v) is 6.39. The molecule has 1 amide bonds. The van der Waals surface area contributed by atoms with Crippen LogP contribution >= 0.6 is 27.3 Å². The molecule has 0 aliphatic carbocycles. The number of hydrogen-bond acceptors (Lipinski definition) is 5. The van der Waals surface area contributed by atoms with Crippen molar-refractivity contribution in [2.24, 2.45) is 0 Å². The van der Waals surface area contributed by atoms with E-state index >= 15 is 0 Å². The van der Waals surface area contributed by atoms with Gasteiger partial charge in [-0.3, -0.25) is 4.79 Å². The van der Waals surface area contributed by atoms with Crippen LogP contribution in [0.5, 0.6) is 0 Å². The molecule has 0 aliphatic rings. The highest BCUT2D eigenvalue weighted by atomic mass is 79.9. The number of halogens is 1. The largest absolute Gasteiger partial charge is 0.337 e. The Morgan fingerprint density at radius 1 is 1.28 bits per heavy atom. The summed E-state index contributed by atoms with van der Waals surface area (Å²) < 4.78 is 27.4. The van der Waals surface area contributed by atoms with Gasteiger partial charge in [0, 0.05) is 30.5 Å². The first-order chi connectivity index (χ1) is 11.8. The first-order valence-corrected chi connectivity index (χ1v) is 10.4. The maximum atomic E-state index is 12.4. The standard InChI is InChI=1S/C16H16BrN3O3S2/c1-20(11-13-5-8-15(17)24-13)16(21)12-3-6-14(7-4-12)25(22,23)19-10-2-9-18/h3-8,19H,2,10-11H2,1H3. The molecule has 25 heavy (non-hydrogen) atoms. The Kier molecular flexibility index (Phi) is 6.72. The quantitative estimate of drug-likeness (QED) is 0.668. The molecule has 0 saturated carbocycles. The molecule has 0 atom stereocenters. The zero-order valence-corrected chi connectivity index (χ0v) is 16.6. The minimum absolute atomic E-state index is 0.0542. The summed E-state index contributed by atoms with van der Waals surface area (Å²) in [5, 5.41) is 8.46. The van der Waals surface area contributed by atoms with Crippen molar-refractivity contribution in [3.8, 4) is 6.07 Å². The lowest BCUT2D eigenvalue weighted by atomic mass is 10.2. The average Bonchev–Trinajstić information content (AvgIpc) is 2.99. The number of carbonyl (C=O) groups is 1. The Balaban J connectivity index is 2.05. The summed E-state index contributed by atoms with van der Waals surface area (Å²) in [5.74, 6) is -0.189. The highest BCUT2D eigenvalue weighted by molar-refractivity contribution is 9.11. The topological polar surface area (TPSA) is 90.3 Å². The van der Waals surface area contributed by atoms with E-state index in [0.717, 1.165) is 8.66 Å². The molecule has 0 radical (unpaired) electrons. The number of nitrogens with one attached hydrogen (secondary N) is 1. The maximum Gasteiger partial charge on any atom is 0.253 e. The molecule has 0 bridgehead atoms. The number of carbonyl (C=O) groups excluding carboxylic acids is 1. The molecule has 1 N–H and O–H groups in total. The summed E-state index contributed by atoms with van der Waals surface area (Å²) in [5.41, 5.74) is 0.411. The molecule has 6 nitrogen and oxygen atoms in total. The van der Waals surface area contributed by atoms with Crippen molar-refractivity contribution < 1.29 is 13.2 Å². The molecular weight excluding hydrogens is 426 g/mol. The Morgan fingerprint density at radius 2 is 1.96 bits per heavy atom. The van der Waals surface area contributed by atoms with Crippen LogP contribution in [0, 0.1) is 11.3 Å². The summed E-state index contributed by atoms with van der Waals surface area (Å²) in [7, 11) is -1.97. The Bertz CT molecular complexity index is 886. The maximum absolute atomic E-state index is 12.4. The molecule has 0 fully saturated rings. The van der Waals surface area contributed by atoms with E-state index in [1.54, 1.807) is 23.3 Å². The molecular formula is C16H16BrN3O3S2. The molecule has 0 unspecified atom stereocenters. The van der Waals surface area contributed by atoms with Crippen LogP contribution in [-0.2, 0) is 16.6 Å². The lowest BCUT2D eigenvalue weighted by Crippen LogP contribution is -2.26. The Hall–Kier alpha value is -1.73. The van der Waals surface area contributed by atoms with Gasteiger partial charge in [-0.2, -0.15) is 5.26 Å². The fourth-order valence-electron chi connectivity index (χ4n) is 2.06. The summed E-state index contributed by atoms with van der Waals surface area (Å²) >= 11 is 4.94. The zero-order chi connectivity index (χ0) is 18.4. The van der Waals surface area contributed by atoms with E-state index in [-0.39, 0.29) is 23.8 Å². The van der Waals surface area contributed by atoms with Gasteiger partial charge in [0.05, 0.1) is 21.3 Å². The van der Waals surface area contributed by atoms with Gasteiger partial charge in [0.2, 0.25) is 10.0 Å². The van der Waals surface area contributed by atoms with Gasteiger partial charge in [-0.15, -0.1) is 11.3 Å². The van der Waals surface area contributed by atoms with Crippen molar-refractivity contribution in [3.05, 3.63) is 50.6 Å². The van der Waals surface area contributed by atoms with Crippen LogP contribution in [0.4, 0.5) is 0 Å². The van der Waals surface area contributed by atoms with E-state index in [2.05, 4.69) is 20.7 Å². The fraction of sp³-hybridized carbons (Fsp3) is 0.250. The van der Waals surface area contributed by atoms with Crippen LogP contribution < -0.4 is 4.72 Å². The van der Waals surface area contributed by atoms with E-state index in [0.29, 0.717) is 12.1 Å². The molecule has 2 rings (SSSR count). The lowest BCUT2D eigenvalue weighted by Gasteiger charge is -2.16. The monoisotopic (exact) mass is 441 g/mol. The van der Waals surface area contributed by atoms with Crippen molar-refractivity contribution >= 4 is 43.2 Å². The van der Waals surface area contributed by atoms with Gasteiger partial charge < -0.3 is 4.90 Å². The number of nitriles is 1. The third-order valence-electron chi connectivity index (χ3n) is 3.31. The highest BCUT2D eigenvalue weighted by Gasteiger charge is 2.16. The smallest absolute Gasteiger partial charge is 0.253 e. The van der Waals surface area contributed by atoms with Crippen molar-refractivity contribution in [1.29, 1.82) is 5.26 Å². The minimum atomic E-state index is -3.67. The van der Waals surface area contributed by atoms with E-state index < -0.39 is 10.0 Å². The minimum Gasteiger partial charge on any atom is -0.337 e. The van der Waals surface area contributed by atoms with E-state index in [1.807, 2.05) is 18.2 Å². The van der Waals surface area contributed by atoms with Crippen LogP contribution in [0.15, 0.2) is 45.1 Å². The van der Waals surface area contributed by atoms with E-state index in [4.69, 9.17) is 5.26 Å². The molecule has 1 aromatic heterocycles. The van der Waals surface area contributed by atoms with Gasteiger partial charge in [0.15, 0.2) is 0 Å². The number of hydrogen-bond donors (Lipinski definition) is 1. The normalized spacial score (nSPS) is 11.1. The number of benzene rings is 1. The number of nitrogens with zero attached hydrogens (tertiary/aromatic N) is 2. The van der Waals surface area contributed by atoms with Crippen LogP contribution in [0.2, 0.25) is 0 Å². The number of thiophene rings is 1. The Labute approximate surface area is 159 Å². The second kappa shape index (κ2) is 8.58. The van der Waals surface area contributed by atoms with Crippen molar-refractivity contribution in [1.82, 2.24) is 9.62 Å². The van der Waals surface area contributed by atoms with Gasteiger partial charge in [-0.05, 0) is 52.3 Å². The highest BCUT2D eigenvalue weighted by Crippen LogP contribution is 2.23. The summed E-state index contributed by atoms with van der Waals surface area (Å²) in [6.07, 6.45) is 0.0967. The molecule has 0 spiro atoms. The molecule has 1 aromatic carbocycles. The summed E-state index contributed by atoms with van der Waals surface area (Å²) in [6, 6.07) is 11.5. The van der Waals surface area contributed by atoms with Crippen molar-refractivity contribution in [2.75, 3.05) is 13.6 Å². The fourth-order valence-corrected chi connectivity index (χ4v) is 4.63. The van der Waals surface area contributed by atoms with E-state index in [1.165, 1.54) is 24.3 Å². The van der Waals surface area contributed by atoms with Crippen LogP contribution in [0.25, 0.3) is 0 Å². The third kappa shape index (κ3) is 5.37. The van der Waals surface area contributed by atoms with Gasteiger partial charge in [0.1, 0.15) is 0 Å². The molecule has 0 saturated heterocycles. The number of sulfonamides is 1. The number of amides is 1. The second-order valence-electron chi connectivity index (χ2n) is 5.20. The Morgan fingerprint density at radius 3 is 2.52 bits per heavy atom. The predicted molar refractivity (Wildman–Crippen MR) is 99.7 cm³/mol. The summed E-state index contributed by atoms with van der Waals surface area (Å²) in [4.78, 5) is 15.1. The van der Waals surface area contributed by atoms with Gasteiger partial charge in [-0.25, -0.2) is 13.1 Å². The average molecular weight is 442 g/mol. The van der Waals surface area contributed by atoms with Crippen molar-refractivity contribution in [3.63, 3.8) is 0 Å². The van der Waals surface area contributed by atoms with E-state index in [9.17, 15) is 13.2 Å². The SMILES string of the molecule is CN(Cc1ccc(Br)s1)C(=O)c1ccc(S(=O)(=O)NCCC#N)cc1. The molecule has 0 aliphatic heterocycles. The van der Waals surface area contributed by atoms with Crippen LogP contribution in [0.3, 0.4) is 0 Å². The lowest BCUT2D eigenvalue weighted by molar-refractivity contribution is 0.0786. The second-order valence-corrected chi connectivity index (χ2v) is 9.51. The molecule has 132 valence electrons. The van der Waals surface area contributed by atoms with Crippen LogP contribution in [-0.4, -0.2) is 32.8 Å². The predicted octanol–water partition coefficient (Wildman–Crippen LogP) is 2.97. The molecule has 2 aromatic rings. The summed E-state index contributed by atoms with van der Waals surface area (Å²) in [6.45, 7) is 0.531. The molecule has 1 heterocycles. The van der Waals surface area contributed by atoms with Crippen LogP contribution in [0.1, 0.15) is 21.7 Å². The molecule has 9 heteroatoms.